The van der Waals surface area contributed by atoms with Gasteiger partial charge in [0.1, 0.15) is 23.2 Å². The number of β-lactam (4-membered cyclic amide) rings is 1. The van der Waals surface area contributed by atoms with E-state index in [4.69, 9.17) is 11.6 Å². The van der Waals surface area contributed by atoms with Crippen LogP contribution >= 0.6 is 23.4 Å². The number of nitrogens with one attached hydrogen (secondary N) is 1. The maximum Gasteiger partial charge on any atom is 0.327 e. The van der Waals surface area contributed by atoms with Crippen molar-refractivity contribution in [1.29, 1.82) is 0 Å². The Balaban J connectivity index is 1.79. The molecule has 0 radical (unpaired) electrons. The minimum atomic E-state index is -1.04. The van der Waals surface area contributed by atoms with Gasteiger partial charge in [0.05, 0.1) is 11.2 Å². The lowest BCUT2D eigenvalue weighted by Gasteiger charge is -2.43. The molecule has 2 saturated heterocycles. The SMILES string of the molecule is CCn1ncc(Cl)c1C(=O)N[C@@H]1C(=O)N2[C@@H]1SC(C)(C)[C@H]2C(=O)O. The highest BCUT2D eigenvalue weighted by atomic mass is 35.5. The predicted molar refractivity (Wildman–Crippen MR) is 87.9 cm³/mol. The first-order chi connectivity index (χ1) is 11.2. The van der Waals surface area contributed by atoms with Crippen LogP contribution in [0.1, 0.15) is 31.3 Å². The number of hydrogen-bond donors (Lipinski definition) is 2. The van der Waals surface area contributed by atoms with Crippen molar-refractivity contribution < 1.29 is 19.5 Å². The summed E-state index contributed by atoms with van der Waals surface area (Å²) in [6, 6.07) is -1.67. The molecule has 3 heterocycles. The number of rotatable bonds is 4. The number of carboxylic acids is 1. The van der Waals surface area contributed by atoms with Crippen LogP contribution in [0.25, 0.3) is 0 Å². The molecule has 3 atom stereocenters. The zero-order chi connectivity index (χ0) is 17.8. The molecule has 130 valence electrons. The maximum atomic E-state index is 12.5. The topological polar surface area (TPSA) is 105 Å². The molecule has 0 aliphatic carbocycles. The fourth-order valence-corrected chi connectivity index (χ4v) is 5.04. The summed E-state index contributed by atoms with van der Waals surface area (Å²) >= 11 is 7.37. The predicted octanol–water partition coefficient (Wildman–Crippen LogP) is 0.802. The number of carboxylic acid groups (broad SMARTS) is 1. The standard InChI is InChI=1S/C14H17ClN4O4S/c1-4-18-8(6(15)5-16-18)10(20)17-7-11(21)19-9(13(22)23)14(2,3)24-12(7)19/h5,7,9,12H,4H2,1-3H3,(H,17,20)(H,22,23)/t7-,9-,12-/m1/s1. The summed E-state index contributed by atoms with van der Waals surface area (Å²) in [7, 11) is 0. The molecule has 3 rings (SSSR count). The third kappa shape index (κ3) is 2.37. The molecular formula is C14H17ClN4O4S. The molecule has 10 heteroatoms. The lowest BCUT2D eigenvalue weighted by atomic mass is 9.96. The van der Waals surface area contributed by atoms with Crippen molar-refractivity contribution in [2.45, 2.75) is 49.5 Å². The molecule has 2 aliphatic heterocycles. The largest absolute Gasteiger partial charge is 0.480 e. The first-order valence-electron chi connectivity index (χ1n) is 7.44. The maximum absolute atomic E-state index is 12.5. The van der Waals surface area contributed by atoms with Crippen LogP contribution in [0.5, 0.6) is 0 Å². The fourth-order valence-electron chi connectivity index (χ4n) is 3.18. The molecule has 0 aromatic carbocycles. The van der Waals surface area contributed by atoms with Gasteiger partial charge in [0.15, 0.2) is 0 Å². The Morgan fingerprint density at radius 1 is 1.50 bits per heavy atom. The van der Waals surface area contributed by atoms with Gasteiger partial charge in [-0.15, -0.1) is 11.8 Å². The first-order valence-corrected chi connectivity index (χ1v) is 8.69. The van der Waals surface area contributed by atoms with Gasteiger partial charge in [0, 0.05) is 11.3 Å². The number of carbonyl (C=O) groups excluding carboxylic acids is 2. The number of aliphatic carboxylic acids is 1. The molecule has 0 unspecified atom stereocenters. The number of carbonyl (C=O) groups is 3. The second-order valence-electron chi connectivity index (χ2n) is 6.21. The lowest BCUT2D eigenvalue weighted by Crippen LogP contribution is -2.70. The van der Waals surface area contributed by atoms with E-state index in [2.05, 4.69) is 10.4 Å². The van der Waals surface area contributed by atoms with E-state index in [0.29, 0.717) is 6.54 Å². The first kappa shape index (κ1) is 17.1. The Morgan fingerprint density at radius 3 is 2.75 bits per heavy atom. The Hall–Kier alpha value is -1.74. The van der Waals surface area contributed by atoms with Crippen LogP contribution in [-0.2, 0) is 16.1 Å². The average molecular weight is 373 g/mol. The Kier molecular flexibility index (Phi) is 4.03. The molecule has 2 aliphatic rings. The quantitative estimate of drug-likeness (QED) is 0.757. The molecule has 24 heavy (non-hydrogen) atoms. The normalized spacial score (nSPS) is 27.6. The molecule has 1 aromatic rings. The number of amides is 2. The van der Waals surface area contributed by atoms with Crippen LogP contribution < -0.4 is 5.32 Å². The number of aryl methyl sites for hydroxylation is 1. The van der Waals surface area contributed by atoms with Crippen molar-refractivity contribution in [1.82, 2.24) is 20.0 Å². The van der Waals surface area contributed by atoms with E-state index in [1.807, 2.05) is 6.92 Å². The summed E-state index contributed by atoms with van der Waals surface area (Å²) in [4.78, 5) is 37.6. The van der Waals surface area contributed by atoms with Crippen molar-refractivity contribution in [3.63, 3.8) is 0 Å². The van der Waals surface area contributed by atoms with Crippen LogP contribution in [0, 0.1) is 0 Å². The van der Waals surface area contributed by atoms with Gasteiger partial charge in [-0.25, -0.2) is 4.79 Å². The highest BCUT2D eigenvalue weighted by Gasteiger charge is 2.64. The number of halogens is 1. The van der Waals surface area contributed by atoms with Gasteiger partial charge in [-0.2, -0.15) is 5.10 Å². The lowest BCUT2D eigenvalue weighted by molar-refractivity contribution is -0.159. The smallest absolute Gasteiger partial charge is 0.327 e. The molecule has 1 aromatic heterocycles. The minimum absolute atomic E-state index is 0.197. The summed E-state index contributed by atoms with van der Waals surface area (Å²) < 4.78 is 0.818. The van der Waals surface area contributed by atoms with Gasteiger partial charge in [-0.3, -0.25) is 14.3 Å². The summed E-state index contributed by atoms with van der Waals surface area (Å²) in [6.45, 7) is 5.85. The van der Waals surface area contributed by atoms with Gasteiger partial charge in [-0.1, -0.05) is 11.6 Å². The van der Waals surface area contributed by atoms with Crippen molar-refractivity contribution in [3.05, 3.63) is 16.9 Å². The van der Waals surface area contributed by atoms with E-state index in [0.717, 1.165) is 0 Å². The van der Waals surface area contributed by atoms with Crippen LogP contribution in [0.3, 0.4) is 0 Å². The molecule has 0 saturated carbocycles. The van der Waals surface area contributed by atoms with Crippen molar-refractivity contribution in [2.75, 3.05) is 0 Å². The minimum Gasteiger partial charge on any atom is -0.480 e. The van der Waals surface area contributed by atoms with Crippen molar-refractivity contribution in [3.8, 4) is 0 Å². The number of hydrogen-bond acceptors (Lipinski definition) is 5. The monoisotopic (exact) mass is 372 g/mol. The summed E-state index contributed by atoms with van der Waals surface area (Å²) in [5.41, 5.74) is 0.197. The van der Waals surface area contributed by atoms with Gasteiger partial charge in [-0.05, 0) is 20.8 Å². The Labute approximate surface area is 147 Å². The molecule has 2 amide bonds. The number of aromatic nitrogens is 2. The fraction of sp³-hybridized carbons (Fsp3) is 0.571. The van der Waals surface area contributed by atoms with Gasteiger partial charge in [0.2, 0.25) is 5.91 Å². The van der Waals surface area contributed by atoms with E-state index in [1.165, 1.54) is 27.5 Å². The molecule has 8 nitrogen and oxygen atoms in total. The van der Waals surface area contributed by atoms with Crippen LogP contribution in [0.2, 0.25) is 5.02 Å². The zero-order valence-electron chi connectivity index (χ0n) is 13.3. The Bertz CT molecular complexity index is 734. The second-order valence-corrected chi connectivity index (χ2v) is 8.38. The second kappa shape index (κ2) is 5.66. The summed E-state index contributed by atoms with van der Waals surface area (Å²) in [6.07, 6.45) is 1.38. The summed E-state index contributed by atoms with van der Waals surface area (Å²) in [5, 5.41) is 15.9. The van der Waals surface area contributed by atoms with Gasteiger partial charge in [0.25, 0.3) is 5.91 Å². The highest BCUT2D eigenvalue weighted by molar-refractivity contribution is 8.01. The zero-order valence-corrected chi connectivity index (χ0v) is 14.9. The van der Waals surface area contributed by atoms with Gasteiger partial charge < -0.3 is 15.3 Å². The van der Waals surface area contributed by atoms with Crippen molar-refractivity contribution in [2.24, 2.45) is 0 Å². The van der Waals surface area contributed by atoms with E-state index in [1.54, 1.807) is 13.8 Å². The number of fused-ring (bicyclic) bond motifs is 1. The molecule has 0 bridgehead atoms. The van der Waals surface area contributed by atoms with E-state index in [-0.39, 0.29) is 10.7 Å². The molecular weight excluding hydrogens is 356 g/mol. The van der Waals surface area contributed by atoms with E-state index >= 15 is 0 Å². The number of nitrogens with zero attached hydrogens (tertiary/aromatic N) is 3. The third-order valence-electron chi connectivity index (χ3n) is 4.27. The van der Waals surface area contributed by atoms with Gasteiger partial charge >= 0.3 is 5.97 Å². The molecule has 0 spiro atoms. The van der Waals surface area contributed by atoms with Crippen LogP contribution in [0.15, 0.2) is 6.20 Å². The molecule has 2 fully saturated rings. The van der Waals surface area contributed by atoms with E-state index in [9.17, 15) is 19.5 Å². The molecule has 2 N–H and O–H groups in total. The van der Waals surface area contributed by atoms with E-state index < -0.39 is 40.0 Å². The Morgan fingerprint density at radius 2 is 2.17 bits per heavy atom. The highest BCUT2D eigenvalue weighted by Crippen LogP contribution is 2.50. The number of thioether (sulfide) groups is 1. The van der Waals surface area contributed by atoms with Crippen LogP contribution in [-0.4, -0.2) is 59.8 Å². The van der Waals surface area contributed by atoms with Crippen LogP contribution in [0.4, 0.5) is 0 Å². The summed E-state index contributed by atoms with van der Waals surface area (Å²) in [5.74, 6) is -1.92. The average Bonchev–Trinajstić information content (AvgIpc) is 2.99. The van der Waals surface area contributed by atoms with Crippen molar-refractivity contribution >= 4 is 41.1 Å². The third-order valence-corrected chi connectivity index (χ3v) is 6.12.